The summed E-state index contributed by atoms with van der Waals surface area (Å²) in [6.45, 7) is 14.0. The molecule has 2 N–H and O–H groups in total. The highest BCUT2D eigenvalue weighted by atomic mass is 15.3. The molecule has 1 aromatic heterocycles. The lowest BCUT2D eigenvalue weighted by Gasteiger charge is -2.29. The van der Waals surface area contributed by atoms with Crippen molar-refractivity contribution in [2.24, 2.45) is 5.73 Å². The summed E-state index contributed by atoms with van der Waals surface area (Å²) >= 11 is 0. The highest BCUT2D eigenvalue weighted by Crippen LogP contribution is 2.26. The number of hydrogen-bond acceptors (Lipinski definition) is 4. The molecule has 21 heavy (non-hydrogen) atoms. The van der Waals surface area contributed by atoms with E-state index >= 15 is 0 Å². The van der Waals surface area contributed by atoms with E-state index in [0.717, 1.165) is 26.2 Å². The Bertz CT molecular complexity index is 424. The van der Waals surface area contributed by atoms with E-state index in [1.54, 1.807) is 0 Å². The Balaban J connectivity index is 2.04. The summed E-state index contributed by atoms with van der Waals surface area (Å²) in [4.78, 5) is 5.09. The number of rotatable bonds is 7. The van der Waals surface area contributed by atoms with Gasteiger partial charge in [0.15, 0.2) is 0 Å². The van der Waals surface area contributed by atoms with E-state index < -0.39 is 0 Å². The van der Waals surface area contributed by atoms with Gasteiger partial charge in [-0.1, -0.05) is 13.8 Å². The van der Waals surface area contributed by atoms with Crippen LogP contribution in [0.4, 0.5) is 0 Å². The van der Waals surface area contributed by atoms with Gasteiger partial charge in [-0.05, 0) is 33.4 Å². The average Bonchev–Trinajstić information content (AvgIpc) is 3.11. The van der Waals surface area contributed by atoms with Gasteiger partial charge < -0.3 is 5.73 Å². The van der Waals surface area contributed by atoms with Crippen LogP contribution >= 0.6 is 0 Å². The third-order valence-corrected chi connectivity index (χ3v) is 4.72. The molecule has 0 bridgehead atoms. The highest BCUT2D eigenvalue weighted by Gasteiger charge is 2.31. The second-order valence-electron chi connectivity index (χ2n) is 6.26. The van der Waals surface area contributed by atoms with Gasteiger partial charge in [-0.15, -0.1) is 0 Å². The molecule has 1 aliphatic heterocycles. The Hall–Kier alpha value is -0.910. The number of likely N-dealkylation sites (tertiary alicyclic amines) is 1. The Morgan fingerprint density at radius 1 is 1.38 bits per heavy atom. The van der Waals surface area contributed by atoms with E-state index in [4.69, 9.17) is 5.73 Å². The Kier molecular flexibility index (Phi) is 5.79. The summed E-state index contributed by atoms with van der Waals surface area (Å²) in [5, 5.41) is 4.47. The number of likely N-dealkylation sites (N-methyl/N-ethyl adjacent to an activating group) is 1. The monoisotopic (exact) mass is 293 g/mol. The molecule has 0 aromatic carbocycles. The van der Waals surface area contributed by atoms with Crippen molar-refractivity contribution in [1.29, 1.82) is 0 Å². The van der Waals surface area contributed by atoms with Crippen LogP contribution in [0.2, 0.25) is 0 Å². The first-order chi connectivity index (χ1) is 10.1. The number of aromatic nitrogens is 2. The summed E-state index contributed by atoms with van der Waals surface area (Å²) in [6, 6.07) is 1.38. The summed E-state index contributed by atoms with van der Waals surface area (Å²) < 4.78 is 2.02. The lowest BCUT2D eigenvalue weighted by Crippen LogP contribution is -2.39. The van der Waals surface area contributed by atoms with E-state index in [2.05, 4.69) is 48.8 Å². The molecule has 2 unspecified atom stereocenters. The third kappa shape index (κ3) is 3.65. The zero-order chi connectivity index (χ0) is 15.4. The first-order valence-electron chi connectivity index (χ1n) is 8.32. The van der Waals surface area contributed by atoms with Gasteiger partial charge in [-0.3, -0.25) is 14.5 Å². The van der Waals surface area contributed by atoms with E-state index in [1.165, 1.54) is 12.0 Å². The maximum absolute atomic E-state index is 6.06. The molecule has 0 saturated carbocycles. The molecule has 0 spiro atoms. The molecule has 0 aliphatic carbocycles. The third-order valence-electron chi connectivity index (χ3n) is 4.72. The van der Waals surface area contributed by atoms with Crippen molar-refractivity contribution in [2.45, 2.75) is 52.2 Å². The second kappa shape index (κ2) is 7.38. The van der Waals surface area contributed by atoms with Gasteiger partial charge in [-0.2, -0.15) is 5.10 Å². The number of nitrogens with zero attached hydrogens (tertiary/aromatic N) is 4. The lowest BCUT2D eigenvalue weighted by molar-refractivity contribution is 0.189. The van der Waals surface area contributed by atoms with Crippen LogP contribution in [0.15, 0.2) is 12.4 Å². The molecular weight excluding hydrogens is 262 g/mol. The minimum atomic E-state index is 0.304. The largest absolute Gasteiger partial charge is 0.329 e. The average molecular weight is 293 g/mol. The molecule has 2 rings (SSSR count). The van der Waals surface area contributed by atoms with Crippen LogP contribution in [0.5, 0.6) is 0 Å². The minimum Gasteiger partial charge on any atom is -0.329 e. The van der Waals surface area contributed by atoms with Crippen LogP contribution in [0.3, 0.4) is 0 Å². The molecule has 0 amide bonds. The van der Waals surface area contributed by atoms with Crippen molar-refractivity contribution >= 4 is 0 Å². The normalized spacial score (nSPS) is 21.6. The van der Waals surface area contributed by atoms with E-state index in [-0.39, 0.29) is 0 Å². The van der Waals surface area contributed by atoms with Crippen molar-refractivity contribution in [1.82, 2.24) is 19.6 Å². The maximum atomic E-state index is 6.06. The van der Waals surface area contributed by atoms with E-state index in [0.29, 0.717) is 24.7 Å². The van der Waals surface area contributed by atoms with Crippen LogP contribution in [-0.2, 0) is 0 Å². The minimum absolute atomic E-state index is 0.304. The zero-order valence-corrected chi connectivity index (χ0v) is 14.0. The first kappa shape index (κ1) is 16.5. The fraction of sp³-hybridized carbons (Fsp3) is 0.812. The Morgan fingerprint density at radius 3 is 2.62 bits per heavy atom. The maximum Gasteiger partial charge on any atom is 0.0538 e. The molecule has 2 heterocycles. The number of hydrogen-bond donors (Lipinski definition) is 1. The van der Waals surface area contributed by atoms with Crippen molar-refractivity contribution in [3.05, 3.63) is 18.0 Å². The van der Waals surface area contributed by atoms with E-state index in [1.807, 2.05) is 10.9 Å². The van der Waals surface area contributed by atoms with Gasteiger partial charge in [0.2, 0.25) is 0 Å². The molecule has 5 nitrogen and oxygen atoms in total. The Labute approximate surface area is 129 Å². The molecule has 1 saturated heterocycles. The molecule has 0 radical (unpaired) electrons. The van der Waals surface area contributed by atoms with Crippen LogP contribution < -0.4 is 5.73 Å². The molecule has 1 aromatic rings. The van der Waals surface area contributed by atoms with Crippen LogP contribution in [0.1, 0.15) is 51.8 Å². The van der Waals surface area contributed by atoms with Crippen LogP contribution in [-0.4, -0.2) is 58.3 Å². The van der Waals surface area contributed by atoms with Gasteiger partial charge in [-0.25, -0.2) is 0 Å². The predicted octanol–water partition coefficient (Wildman–Crippen LogP) is 1.88. The summed E-state index contributed by atoms with van der Waals surface area (Å²) in [6.07, 6.45) is 5.39. The topological polar surface area (TPSA) is 50.3 Å². The smallest absolute Gasteiger partial charge is 0.0538 e. The van der Waals surface area contributed by atoms with Crippen molar-refractivity contribution < 1.29 is 0 Å². The van der Waals surface area contributed by atoms with Gasteiger partial charge in [0.1, 0.15) is 0 Å². The number of nitrogens with two attached hydrogens (primary N) is 1. The molecule has 1 aliphatic rings. The van der Waals surface area contributed by atoms with Gasteiger partial charge in [0.05, 0.1) is 12.2 Å². The molecule has 1 fully saturated rings. The van der Waals surface area contributed by atoms with E-state index in [9.17, 15) is 0 Å². The van der Waals surface area contributed by atoms with Crippen LogP contribution in [0.25, 0.3) is 0 Å². The lowest BCUT2D eigenvalue weighted by atomic mass is 10.1. The fourth-order valence-corrected chi connectivity index (χ4v) is 3.39. The summed E-state index contributed by atoms with van der Waals surface area (Å²) in [7, 11) is 0. The van der Waals surface area contributed by atoms with Gasteiger partial charge in [0, 0.05) is 43.5 Å². The second-order valence-corrected chi connectivity index (χ2v) is 6.26. The van der Waals surface area contributed by atoms with Gasteiger partial charge >= 0.3 is 0 Å². The summed E-state index contributed by atoms with van der Waals surface area (Å²) in [5.41, 5.74) is 7.32. The predicted molar refractivity (Wildman–Crippen MR) is 87.3 cm³/mol. The van der Waals surface area contributed by atoms with Crippen LogP contribution in [0, 0.1) is 0 Å². The highest BCUT2D eigenvalue weighted by molar-refractivity contribution is 5.12. The summed E-state index contributed by atoms with van der Waals surface area (Å²) in [5.74, 6) is 0. The standard InChI is InChI=1S/C16H31N5/c1-5-19(6-2)15-7-8-20(12-15)16(9-17)14-10-18-21(11-14)13(3)4/h10-11,13,15-16H,5-9,12,17H2,1-4H3. The van der Waals surface area contributed by atoms with Crippen molar-refractivity contribution in [3.63, 3.8) is 0 Å². The Morgan fingerprint density at radius 2 is 2.10 bits per heavy atom. The molecule has 120 valence electrons. The molecule has 5 heteroatoms. The fourth-order valence-electron chi connectivity index (χ4n) is 3.39. The first-order valence-corrected chi connectivity index (χ1v) is 8.32. The van der Waals surface area contributed by atoms with Crippen molar-refractivity contribution in [2.75, 3.05) is 32.7 Å². The SMILES string of the molecule is CCN(CC)C1CCN(C(CN)c2cnn(C(C)C)c2)C1. The molecule has 2 atom stereocenters. The van der Waals surface area contributed by atoms with Gasteiger partial charge in [0.25, 0.3) is 0 Å². The zero-order valence-electron chi connectivity index (χ0n) is 14.0. The quantitative estimate of drug-likeness (QED) is 0.834. The van der Waals surface area contributed by atoms with Crippen molar-refractivity contribution in [3.8, 4) is 0 Å². The molecular formula is C16H31N5.